The summed E-state index contributed by atoms with van der Waals surface area (Å²) in [6.07, 6.45) is 5.20. The van der Waals surface area contributed by atoms with Crippen LogP contribution < -0.4 is 10.6 Å². The number of guanidine groups is 1. The number of aliphatic imine (C=N–C) groups is 1. The van der Waals surface area contributed by atoms with Crippen molar-refractivity contribution in [2.45, 2.75) is 38.8 Å². The van der Waals surface area contributed by atoms with E-state index in [0.717, 1.165) is 38.6 Å². The standard InChI is InChI=1S/C20H35N5/c1-21-20(22-12-7-13-24(2)3)23-16-18-8-10-19(11-9-18)17-25-14-5-4-6-15-25/h8-11H,4-7,12-17H2,1-3H3,(H2,21,22,23). The Bertz CT molecular complexity index is 503. The summed E-state index contributed by atoms with van der Waals surface area (Å²) in [5.74, 6) is 0.871. The summed E-state index contributed by atoms with van der Waals surface area (Å²) in [5, 5.41) is 6.76. The molecule has 0 radical (unpaired) electrons. The second kappa shape index (κ2) is 11.1. The summed E-state index contributed by atoms with van der Waals surface area (Å²) in [7, 11) is 6.02. The maximum Gasteiger partial charge on any atom is 0.191 e. The van der Waals surface area contributed by atoms with Gasteiger partial charge in [-0.2, -0.15) is 0 Å². The lowest BCUT2D eigenvalue weighted by Gasteiger charge is -2.26. The van der Waals surface area contributed by atoms with E-state index in [1.165, 1.54) is 43.5 Å². The Morgan fingerprint density at radius 2 is 1.72 bits per heavy atom. The van der Waals surface area contributed by atoms with E-state index in [-0.39, 0.29) is 0 Å². The first kappa shape index (κ1) is 19.7. The minimum atomic E-state index is 0.803. The van der Waals surface area contributed by atoms with Crippen molar-refractivity contribution in [2.75, 3.05) is 47.3 Å². The van der Waals surface area contributed by atoms with Gasteiger partial charge >= 0.3 is 0 Å². The fourth-order valence-electron chi connectivity index (χ4n) is 3.15. The number of likely N-dealkylation sites (tertiary alicyclic amines) is 1. The zero-order valence-corrected chi connectivity index (χ0v) is 16.2. The molecule has 1 fully saturated rings. The molecule has 0 bridgehead atoms. The smallest absolute Gasteiger partial charge is 0.191 e. The zero-order valence-electron chi connectivity index (χ0n) is 16.2. The van der Waals surface area contributed by atoms with E-state index in [0.29, 0.717) is 0 Å². The Morgan fingerprint density at radius 1 is 1.04 bits per heavy atom. The Kier molecular flexibility index (Phi) is 8.77. The van der Waals surface area contributed by atoms with Gasteiger partial charge in [-0.3, -0.25) is 9.89 Å². The quantitative estimate of drug-likeness (QED) is 0.431. The number of hydrogen-bond donors (Lipinski definition) is 2. The van der Waals surface area contributed by atoms with E-state index in [9.17, 15) is 0 Å². The molecule has 25 heavy (non-hydrogen) atoms. The van der Waals surface area contributed by atoms with Crippen LogP contribution in [0.15, 0.2) is 29.3 Å². The van der Waals surface area contributed by atoms with Crippen LogP contribution in [0.1, 0.15) is 36.8 Å². The van der Waals surface area contributed by atoms with Crippen LogP contribution in [0.5, 0.6) is 0 Å². The van der Waals surface area contributed by atoms with Gasteiger partial charge in [-0.25, -0.2) is 0 Å². The largest absolute Gasteiger partial charge is 0.356 e. The molecule has 0 aliphatic carbocycles. The zero-order chi connectivity index (χ0) is 17.9. The highest BCUT2D eigenvalue weighted by molar-refractivity contribution is 5.79. The van der Waals surface area contributed by atoms with Gasteiger partial charge in [0.25, 0.3) is 0 Å². The molecule has 2 N–H and O–H groups in total. The topological polar surface area (TPSA) is 42.9 Å². The molecule has 1 heterocycles. The third-order valence-electron chi connectivity index (χ3n) is 4.64. The molecule has 1 aromatic rings. The third kappa shape index (κ3) is 7.88. The van der Waals surface area contributed by atoms with Gasteiger partial charge in [0.05, 0.1) is 0 Å². The van der Waals surface area contributed by atoms with Crippen molar-refractivity contribution in [3.05, 3.63) is 35.4 Å². The van der Waals surface area contributed by atoms with Gasteiger partial charge in [0.1, 0.15) is 0 Å². The Hall–Kier alpha value is -1.59. The highest BCUT2D eigenvalue weighted by atomic mass is 15.2. The molecule has 0 saturated carbocycles. The molecule has 1 aliphatic rings. The van der Waals surface area contributed by atoms with Crippen molar-refractivity contribution in [1.82, 2.24) is 20.4 Å². The number of piperidine rings is 1. The van der Waals surface area contributed by atoms with Crippen LogP contribution in [-0.4, -0.2) is 63.1 Å². The molecule has 5 heteroatoms. The first-order valence-corrected chi connectivity index (χ1v) is 9.57. The van der Waals surface area contributed by atoms with E-state index in [1.54, 1.807) is 0 Å². The summed E-state index contributed by atoms with van der Waals surface area (Å²) in [4.78, 5) is 9.05. The molecule has 0 unspecified atom stereocenters. The predicted molar refractivity (Wildman–Crippen MR) is 107 cm³/mol. The predicted octanol–water partition coefficient (Wildman–Crippen LogP) is 2.29. The average molecular weight is 346 g/mol. The molecule has 0 amide bonds. The molecule has 140 valence electrons. The van der Waals surface area contributed by atoms with Gasteiger partial charge in [0.15, 0.2) is 5.96 Å². The van der Waals surface area contributed by atoms with Crippen LogP contribution in [0, 0.1) is 0 Å². The van der Waals surface area contributed by atoms with E-state index >= 15 is 0 Å². The third-order valence-corrected chi connectivity index (χ3v) is 4.64. The van der Waals surface area contributed by atoms with Gasteiger partial charge in [-0.05, 0) is 64.1 Å². The van der Waals surface area contributed by atoms with E-state index in [2.05, 4.69) is 63.8 Å². The molecule has 5 nitrogen and oxygen atoms in total. The van der Waals surface area contributed by atoms with Gasteiger partial charge in [-0.1, -0.05) is 30.7 Å². The Labute approximate surface area is 153 Å². The summed E-state index contributed by atoms with van der Waals surface area (Å²) in [6, 6.07) is 8.98. The summed E-state index contributed by atoms with van der Waals surface area (Å²) < 4.78 is 0. The highest BCUT2D eigenvalue weighted by Gasteiger charge is 2.10. The molecule has 0 spiro atoms. The van der Waals surface area contributed by atoms with Crippen molar-refractivity contribution in [3.8, 4) is 0 Å². The summed E-state index contributed by atoms with van der Waals surface area (Å²) >= 11 is 0. The van der Waals surface area contributed by atoms with Gasteiger partial charge in [0, 0.05) is 26.7 Å². The van der Waals surface area contributed by atoms with Gasteiger partial charge in [-0.15, -0.1) is 0 Å². The molecular weight excluding hydrogens is 310 g/mol. The van der Waals surface area contributed by atoms with Gasteiger partial charge < -0.3 is 15.5 Å². The first-order valence-electron chi connectivity index (χ1n) is 9.57. The highest BCUT2D eigenvalue weighted by Crippen LogP contribution is 2.13. The van der Waals surface area contributed by atoms with Crippen molar-refractivity contribution in [2.24, 2.45) is 4.99 Å². The van der Waals surface area contributed by atoms with Crippen LogP contribution in [0.25, 0.3) is 0 Å². The SMILES string of the molecule is CN=C(NCCCN(C)C)NCc1ccc(CN2CCCCC2)cc1. The number of benzene rings is 1. The minimum absolute atomic E-state index is 0.803. The van der Waals surface area contributed by atoms with Crippen molar-refractivity contribution < 1.29 is 0 Å². The number of rotatable bonds is 8. The average Bonchev–Trinajstić information content (AvgIpc) is 2.63. The summed E-state index contributed by atoms with van der Waals surface area (Å²) in [5.41, 5.74) is 2.70. The van der Waals surface area contributed by atoms with Crippen LogP contribution in [-0.2, 0) is 13.1 Å². The van der Waals surface area contributed by atoms with Crippen LogP contribution >= 0.6 is 0 Å². The fourth-order valence-corrected chi connectivity index (χ4v) is 3.15. The van der Waals surface area contributed by atoms with Crippen LogP contribution in [0.4, 0.5) is 0 Å². The maximum absolute atomic E-state index is 4.29. The Balaban J connectivity index is 1.70. The summed E-state index contributed by atoms with van der Waals surface area (Å²) in [6.45, 7) is 6.41. The molecular formula is C20H35N5. The van der Waals surface area contributed by atoms with Crippen molar-refractivity contribution in [1.29, 1.82) is 0 Å². The normalized spacial score (nSPS) is 16.2. The Morgan fingerprint density at radius 3 is 2.36 bits per heavy atom. The number of nitrogens with zero attached hydrogens (tertiary/aromatic N) is 3. The molecule has 0 aromatic heterocycles. The van der Waals surface area contributed by atoms with E-state index < -0.39 is 0 Å². The lowest BCUT2D eigenvalue weighted by atomic mass is 10.1. The van der Waals surface area contributed by atoms with Crippen molar-refractivity contribution in [3.63, 3.8) is 0 Å². The van der Waals surface area contributed by atoms with E-state index in [1.807, 2.05) is 7.05 Å². The van der Waals surface area contributed by atoms with Crippen molar-refractivity contribution >= 4 is 5.96 Å². The molecule has 1 aliphatic heterocycles. The number of nitrogens with one attached hydrogen (secondary N) is 2. The molecule has 1 saturated heterocycles. The minimum Gasteiger partial charge on any atom is -0.356 e. The monoisotopic (exact) mass is 345 g/mol. The lowest BCUT2D eigenvalue weighted by molar-refractivity contribution is 0.221. The second-order valence-corrected chi connectivity index (χ2v) is 7.16. The van der Waals surface area contributed by atoms with Crippen LogP contribution in [0.2, 0.25) is 0 Å². The fraction of sp³-hybridized carbons (Fsp3) is 0.650. The lowest BCUT2D eigenvalue weighted by Crippen LogP contribution is -2.38. The first-order chi connectivity index (χ1) is 12.2. The number of hydrogen-bond acceptors (Lipinski definition) is 3. The van der Waals surface area contributed by atoms with Crippen LogP contribution in [0.3, 0.4) is 0 Å². The van der Waals surface area contributed by atoms with Gasteiger partial charge in [0.2, 0.25) is 0 Å². The second-order valence-electron chi connectivity index (χ2n) is 7.16. The molecule has 0 atom stereocenters. The van der Waals surface area contributed by atoms with E-state index in [4.69, 9.17) is 0 Å². The molecule has 1 aromatic carbocycles. The molecule has 2 rings (SSSR count). The maximum atomic E-state index is 4.29.